The third-order valence-electron chi connectivity index (χ3n) is 3.11. The van der Waals surface area contributed by atoms with Crippen LogP contribution in [-0.4, -0.2) is 31.9 Å². The van der Waals surface area contributed by atoms with Crippen molar-refractivity contribution in [2.75, 3.05) is 13.1 Å². The summed E-state index contributed by atoms with van der Waals surface area (Å²) in [7, 11) is 5.41. The molecule has 19 heavy (non-hydrogen) atoms. The molecule has 102 valence electrons. The third kappa shape index (κ3) is 4.56. The standard InChI is InChI=1S/C13H20BN3O2/c1-3-10(2)13(12(6-7-14)17(18)19)16-11-5-4-8-15-9-11/h3,6,11,15-16H,1,4-5,7-9H2,2H3/b12-6+,13-10+. The minimum atomic E-state index is -0.404. The first-order chi connectivity index (χ1) is 9.10. The highest BCUT2D eigenvalue weighted by molar-refractivity contribution is 6.09. The Bertz CT molecular complexity index is 399. The molecule has 0 aromatic rings. The highest BCUT2D eigenvalue weighted by Crippen LogP contribution is 2.17. The molecule has 1 fully saturated rings. The zero-order chi connectivity index (χ0) is 14.3. The minimum Gasteiger partial charge on any atom is -0.375 e. The summed E-state index contributed by atoms with van der Waals surface area (Å²) in [6.07, 6.45) is 5.23. The van der Waals surface area contributed by atoms with Crippen molar-refractivity contribution in [3.8, 4) is 0 Å². The molecule has 2 radical (unpaired) electrons. The van der Waals surface area contributed by atoms with Gasteiger partial charge in [0.1, 0.15) is 5.70 Å². The van der Waals surface area contributed by atoms with E-state index in [2.05, 4.69) is 17.2 Å². The number of nitro groups is 1. The Morgan fingerprint density at radius 1 is 1.68 bits per heavy atom. The molecule has 1 heterocycles. The van der Waals surface area contributed by atoms with Crippen LogP contribution in [0.2, 0.25) is 6.32 Å². The van der Waals surface area contributed by atoms with Gasteiger partial charge in [0, 0.05) is 12.6 Å². The first kappa shape index (κ1) is 15.5. The molecule has 1 aliphatic heterocycles. The Morgan fingerprint density at radius 2 is 2.42 bits per heavy atom. The van der Waals surface area contributed by atoms with Crippen LogP contribution >= 0.6 is 0 Å². The highest BCUT2D eigenvalue weighted by atomic mass is 16.6. The van der Waals surface area contributed by atoms with E-state index in [0.717, 1.165) is 31.5 Å². The summed E-state index contributed by atoms with van der Waals surface area (Å²) in [5.74, 6) is 0. The third-order valence-corrected chi connectivity index (χ3v) is 3.11. The predicted octanol–water partition coefficient (Wildman–Crippen LogP) is 1.54. The number of nitrogens with one attached hydrogen (secondary N) is 2. The van der Waals surface area contributed by atoms with Crippen LogP contribution in [0, 0.1) is 10.1 Å². The molecule has 0 aliphatic carbocycles. The van der Waals surface area contributed by atoms with Gasteiger partial charge in [0.05, 0.1) is 12.8 Å². The number of hydrogen-bond donors (Lipinski definition) is 2. The SMILES string of the molecule is [B]C/C=C(\C(NC1CCCNC1)=C(\C)C=C)[N+](=O)[O-]. The monoisotopic (exact) mass is 261 g/mol. The number of hydrogen-bond acceptors (Lipinski definition) is 4. The fourth-order valence-electron chi connectivity index (χ4n) is 2.05. The number of rotatable bonds is 6. The lowest BCUT2D eigenvalue weighted by molar-refractivity contribution is -0.421. The zero-order valence-electron chi connectivity index (χ0n) is 11.3. The molecule has 5 nitrogen and oxygen atoms in total. The molecule has 1 aliphatic rings. The Morgan fingerprint density at radius 3 is 2.89 bits per heavy atom. The molecule has 1 atom stereocenters. The predicted molar refractivity (Wildman–Crippen MR) is 77.6 cm³/mol. The van der Waals surface area contributed by atoms with E-state index in [9.17, 15) is 10.1 Å². The largest absolute Gasteiger partial charge is 0.375 e. The Labute approximate surface area is 115 Å². The fraction of sp³-hybridized carbons (Fsp3) is 0.538. The van der Waals surface area contributed by atoms with Crippen LogP contribution in [0.4, 0.5) is 0 Å². The summed E-state index contributed by atoms with van der Waals surface area (Å²) < 4.78 is 0. The molecule has 0 aromatic carbocycles. The number of piperidine rings is 1. The maximum Gasteiger partial charge on any atom is 0.287 e. The summed E-state index contributed by atoms with van der Waals surface area (Å²) >= 11 is 0. The van der Waals surface area contributed by atoms with Crippen LogP contribution in [0.15, 0.2) is 35.7 Å². The first-order valence-electron chi connectivity index (χ1n) is 6.45. The summed E-state index contributed by atoms with van der Waals surface area (Å²) in [6, 6.07) is 0.194. The molecular weight excluding hydrogens is 241 g/mol. The smallest absolute Gasteiger partial charge is 0.287 e. The van der Waals surface area contributed by atoms with Gasteiger partial charge in [-0.05, 0) is 38.0 Å². The molecular formula is C13H20BN3O2. The van der Waals surface area contributed by atoms with Crippen molar-refractivity contribution in [2.45, 2.75) is 32.1 Å². The normalized spacial score (nSPS) is 21.5. The summed E-state index contributed by atoms with van der Waals surface area (Å²) in [5.41, 5.74) is 1.28. The van der Waals surface area contributed by atoms with E-state index in [1.165, 1.54) is 6.08 Å². The molecule has 0 spiro atoms. The average Bonchev–Trinajstić information content (AvgIpc) is 2.42. The van der Waals surface area contributed by atoms with Crippen LogP contribution in [0.5, 0.6) is 0 Å². The van der Waals surface area contributed by atoms with Crippen LogP contribution < -0.4 is 10.6 Å². The van der Waals surface area contributed by atoms with Gasteiger partial charge in [-0.15, -0.1) is 0 Å². The minimum absolute atomic E-state index is 0.0190. The van der Waals surface area contributed by atoms with Gasteiger partial charge in [0.2, 0.25) is 0 Å². The quantitative estimate of drug-likeness (QED) is 0.329. The Balaban J connectivity index is 2.97. The molecule has 0 saturated carbocycles. The maximum absolute atomic E-state index is 11.2. The van der Waals surface area contributed by atoms with Crippen LogP contribution in [0.25, 0.3) is 0 Å². The van der Waals surface area contributed by atoms with Crippen molar-refractivity contribution >= 4 is 7.85 Å². The van der Waals surface area contributed by atoms with Crippen molar-refractivity contribution in [1.82, 2.24) is 10.6 Å². The van der Waals surface area contributed by atoms with Gasteiger partial charge in [0.15, 0.2) is 0 Å². The summed E-state index contributed by atoms with van der Waals surface area (Å²) in [4.78, 5) is 10.7. The van der Waals surface area contributed by atoms with Crippen molar-refractivity contribution in [3.63, 3.8) is 0 Å². The van der Waals surface area contributed by atoms with Crippen molar-refractivity contribution in [1.29, 1.82) is 0 Å². The van der Waals surface area contributed by atoms with E-state index in [4.69, 9.17) is 7.85 Å². The number of nitrogens with zero attached hydrogens (tertiary/aromatic N) is 1. The summed E-state index contributed by atoms with van der Waals surface area (Å²) in [6.45, 7) is 7.29. The molecule has 0 aromatic heterocycles. The lowest BCUT2D eigenvalue weighted by atomic mass is 10.0. The van der Waals surface area contributed by atoms with Gasteiger partial charge >= 0.3 is 0 Å². The molecule has 1 saturated heterocycles. The molecule has 6 heteroatoms. The second-order valence-corrected chi connectivity index (χ2v) is 4.53. The fourth-order valence-corrected chi connectivity index (χ4v) is 2.05. The second-order valence-electron chi connectivity index (χ2n) is 4.53. The molecule has 0 bridgehead atoms. The van der Waals surface area contributed by atoms with Crippen LogP contribution in [0.1, 0.15) is 19.8 Å². The highest BCUT2D eigenvalue weighted by Gasteiger charge is 2.22. The van der Waals surface area contributed by atoms with Crippen molar-refractivity contribution in [3.05, 3.63) is 45.8 Å². The van der Waals surface area contributed by atoms with E-state index in [-0.39, 0.29) is 18.1 Å². The second kappa shape index (κ2) is 7.79. The molecule has 1 unspecified atom stereocenters. The maximum atomic E-state index is 11.2. The van der Waals surface area contributed by atoms with E-state index >= 15 is 0 Å². The van der Waals surface area contributed by atoms with E-state index in [1.54, 1.807) is 13.0 Å². The molecule has 2 N–H and O–H groups in total. The lowest BCUT2D eigenvalue weighted by Crippen LogP contribution is -2.43. The van der Waals surface area contributed by atoms with Gasteiger partial charge in [-0.25, -0.2) is 0 Å². The van der Waals surface area contributed by atoms with E-state index in [1.807, 2.05) is 0 Å². The lowest BCUT2D eigenvalue weighted by Gasteiger charge is -2.26. The average molecular weight is 261 g/mol. The Hall–Kier alpha value is -1.56. The first-order valence-corrected chi connectivity index (χ1v) is 6.45. The van der Waals surface area contributed by atoms with Gasteiger partial charge in [-0.3, -0.25) is 10.1 Å². The summed E-state index contributed by atoms with van der Waals surface area (Å²) in [5, 5.41) is 17.7. The Kier molecular flexibility index (Phi) is 6.35. The van der Waals surface area contributed by atoms with Gasteiger partial charge < -0.3 is 10.6 Å². The van der Waals surface area contributed by atoms with Gasteiger partial charge in [-0.1, -0.05) is 19.0 Å². The van der Waals surface area contributed by atoms with Gasteiger partial charge in [-0.2, -0.15) is 0 Å². The van der Waals surface area contributed by atoms with Gasteiger partial charge in [0.25, 0.3) is 5.70 Å². The van der Waals surface area contributed by atoms with Crippen LogP contribution in [-0.2, 0) is 0 Å². The van der Waals surface area contributed by atoms with Crippen LogP contribution in [0.3, 0.4) is 0 Å². The van der Waals surface area contributed by atoms with Crippen molar-refractivity contribution in [2.24, 2.45) is 0 Å². The molecule has 0 amide bonds. The van der Waals surface area contributed by atoms with Crippen molar-refractivity contribution < 1.29 is 4.92 Å². The molecule has 1 rings (SSSR count). The van der Waals surface area contributed by atoms with E-state index in [0.29, 0.717) is 5.70 Å². The van der Waals surface area contributed by atoms with E-state index < -0.39 is 4.92 Å². The zero-order valence-corrected chi connectivity index (χ0v) is 11.3. The number of allylic oxidation sites excluding steroid dienone is 3. The topological polar surface area (TPSA) is 67.2 Å².